The number of benzene rings is 2. The van der Waals surface area contributed by atoms with Gasteiger partial charge in [-0.3, -0.25) is 27.4 Å². The number of nitro benzene ring substituents is 1. The molecule has 166 valence electrons. The van der Waals surface area contributed by atoms with E-state index in [-0.39, 0.29) is 74.5 Å². The summed E-state index contributed by atoms with van der Waals surface area (Å²) in [7, 11) is 1.64. The van der Waals surface area contributed by atoms with Crippen LogP contribution in [-0.4, -0.2) is 24.2 Å². The first-order chi connectivity index (χ1) is 14.8. The molecular formula is C23H24BrKN2O5-2. The summed E-state index contributed by atoms with van der Waals surface area (Å²) in [6.45, 7) is 5.55. The number of halogens is 1. The second-order valence-electron chi connectivity index (χ2n) is 7.13. The van der Waals surface area contributed by atoms with Crippen LogP contribution in [0.5, 0.6) is 5.75 Å². The van der Waals surface area contributed by atoms with Gasteiger partial charge in [0.05, 0.1) is 7.11 Å². The molecule has 2 aromatic rings. The molecule has 0 radical (unpaired) electrons. The quantitative estimate of drug-likeness (QED) is 0.279. The van der Waals surface area contributed by atoms with Gasteiger partial charge in [0, 0.05) is 22.6 Å². The van der Waals surface area contributed by atoms with Crippen molar-refractivity contribution in [3.8, 4) is 5.75 Å². The monoisotopic (exact) mass is 526 g/mol. The molecule has 7 nitrogen and oxygen atoms in total. The van der Waals surface area contributed by atoms with Gasteiger partial charge in [-0.05, 0) is 24.8 Å². The molecule has 0 unspecified atom stereocenters. The third-order valence-electron chi connectivity index (χ3n) is 4.99. The Labute approximate surface area is 239 Å². The van der Waals surface area contributed by atoms with E-state index in [0.717, 1.165) is 48.8 Å². The third-order valence-corrected chi connectivity index (χ3v) is 5.69. The Bertz CT molecular complexity index is 962. The molecule has 0 atom stereocenters. The van der Waals surface area contributed by atoms with Crippen LogP contribution < -0.4 is 61.4 Å². The molecule has 0 spiro atoms. The number of nitrogens with one attached hydrogen (secondary N) is 1. The van der Waals surface area contributed by atoms with Crippen LogP contribution in [-0.2, 0) is 9.59 Å². The van der Waals surface area contributed by atoms with Crippen LogP contribution in [0.1, 0.15) is 42.4 Å². The van der Waals surface area contributed by atoms with E-state index < -0.39 is 4.92 Å². The van der Waals surface area contributed by atoms with E-state index in [9.17, 15) is 19.7 Å². The Morgan fingerprint density at radius 3 is 2.53 bits per heavy atom. The smallest absolute Gasteiger partial charge is 0.496 e. The van der Waals surface area contributed by atoms with Crippen LogP contribution in [0.25, 0.3) is 0 Å². The van der Waals surface area contributed by atoms with E-state index in [0.29, 0.717) is 10.0 Å². The summed E-state index contributed by atoms with van der Waals surface area (Å²) < 4.78 is 5.69. The zero-order chi connectivity index (χ0) is 23.0. The van der Waals surface area contributed by atoms with Gasteiger partial charge in [0.1, 0.15) is 5.75 Å². The number of rotatable bonds is 5. The number of anilines is 1. The maximum atomic E-state index is 12.1. The molecule has 32 heavy (non-hydrogen) atoms. The summed E-state index contributed by atoms with van der Waals surface area (Å²) in [6.07, 6.45) is 7.88. The van der Waals surface area contributed by atoms with Crippen molar-refractivity contribution in [1.29, 1.82) is 0 Å². The fourth-order valence-electron chi connectivity index (χ4n) is 3.15. The largest absolute Gasteiger partial charge is 1.00 e. The van der Waals surface area contributed by atoms with Gasteiger partial charge in [0.25, 0.3) is 0 Å². The van der Waals surface area contributed by atoms with Gasteiger partial charge in [-0.15, -0.1) is 26.5 Å². The number of hydrogen-bond donors (Lipinski definition) is 1. The van der Waals surface area contributed by atoms with Crippen molar-refractivity contribution in [1.82, 2.24) is 0 Å². The Morgan fingerprint density at radius 1 is 1.31 bits per heavy atom. The number of hydrogen-bond acceptors (Lipinski definition) is 5. The summed E-state index contributed by atoms with van der Waals surface area (Å²) in [5.41, 5.74) is 2.24. The number of aryl methyl sites for hydroxylation is 1. The Hall–Kier alpha value is -1.23. The zero-order valence-corrected chi connectivity index (χ0v) is 23.2. The van der Waals surface area contributed by atoms with E-state index in [1.807, 2.05) is 25.1 Å². The number of carbonyl (C=O) groups excluding carboxylic acids is 2. The van der Waals surface area contributed by atoms with Gasteiger partial charge in [-0.1, -0.05) is 25.0 Å². The van der Waals surface area contributed by atoms with Crippen molar-refractivity contribution < 1.29 is 70.6 Å². The van der Waals surface area contributed by atoms with Crippen molar-refractivity contribution in [3.05, 3.63) is 75.0 Å². The second-order valence-corrected chi connectivity index (χ2v) is 7.98. The van der Waals surface area contributed by atoms with Gasteiger partial charge >= 0.3 is 51.4 Å². The first-order valence-electron chi connectivity index (χ1n) is 9.72. The number of methoxy groups -OCH3 is 1. The first-order valence-corrected chi connectivity index (χ1v) is 10.5. The Kier molecular flexibility index (Phi) is 12.7. The summed E-state index contributed by atoms with van der Waals surface area (Å²) >= 11 is 3.06. The fourth-order valence-corrected chi connectivity index (χ4v) is 3.60. The molecule has 2 aromatic carbocycles. The van der Waals surface area contributed by atoms with E-state index in [1.54, 1.807) is 13.4 Å². The molecule has 0 aliphatic heterocycles. The topological polar surface area (TPSA) is 98.5 Å². The molecule has 1 aliphatic rings. The minimum atomic E-state index is -0.578. The number of non-ortho nitro benzene ring substituents is 1. The van der Waals surface area contributed by atoms with Crippen molar-refractivity contribution in [2.75, 3.05) is 12.4 Å². The molecule has 1 N–H and O–H groups in total. The molecule has 3 rings (SSSR count). The number of ether oxygens (including phenoxy) is 1. The molecule has 1 aliphatic carbocycles. The predicted octanol–water partition coefficient (Wildman–Crippen LogP) is 2.34. The van der Waals surface area contributed by atoms with Crippen LogP contribution in [0.2, 0.25) is 0 Å². The average molecular weight is 527 g/mol. The van der Waals surface area contributed by atoms with E-state index in [4.69, 9.17) is 4.74 Å². The molecule has 0 saturated heterocycles. The van der Waals surface area contributed by atoms with Crippen molar-refractivity contribution in [3.63, 3.8) is 0 Å². The molecular weight excluding hydrogens is 503 g/mol. The average Bonchev–Trinajstić information content (AvgIpc) is 2.77. The molecule has 0 heterocycles. The van der Waals surface area contributed by atoms with Gasteiger partial charge in [0.15, 0.2) is 5.69 Å². The number of amides is 1. The Morgan fingerprint density at radius 2 is 1.97 bits per heavy atom. The van der Waals surface area contributed by atoms with Crippen molar-refractivity contribution in [2.45, 2.75) is 32.6 Å². The zero-order valence-electron chi connectivity index (χ0n) is 18.4. The second kappa shape index (κ2) is 14.1. The van der Waals surface area contributed by atoms with Crippen LogP contribution in [0.4, 0.5) is 11.4 Å². The van der Waals surface area contributed by atoms with Crippen LogP contribution in [0, 0.1) is 36.3 Å². The van der Waals surface area contributed by atoms with E-state index in [2.05, 4.69) is 34.6 Å². The third kappa shape index (κ3) is 8.28. The standard InChI is InChI=1S/C15H20NO2.C8H4BrNO3.K/c1-11-8-9-13(10-14(11)18-2)16-15(17)12-6-4-3-5-7-12;1-5-6(4-11)2-7(10(12)13)3-8(5)9;/h3,8-10,12H,4-7H2,1-2H3,(H,16,17);2-3H,1H2;/q-1;-2;+1. The molecule has 9 heteroatoms. The summed E-state index contributed by atoms with van der Waals surface area (Å²) in [5, 5.41) is 13.3. The van der Waals surface area contributed by atoms with Crippen molar-refractivity contribution >= 4 is 39.5 Å². The van der Waals surface area contributed by atoms with E-state index in [1.165, 1.54) is 6.07 Å². The fraction of sp³-hybridized carbons (Fsp3) is 0.304. The SMILES string of the molecule is COc1cc(NC(=O)C2CC[CH-]CC2)ccc1C.[CH2-]c1c(Br)cc([N+](=O)[O-])cc1[C-]=O.[K+]. The van der Waals surface area contributed by atoms with Crippen LogP contribution >= 0.6 is 15.9 Å². The maximum absolute atomic E-state index is 12.1. The van der Waals surface area contributed by atoms with Gasteiger partial charge in [-0.25, -0.2) is 5.56 Å². The molecule has 1 amide bonds. The van der Waals surface area contributed by atoms with E-state index >= 15 is 0 Å². The molecule has 1 fully saturated rings. The summed E-state index contributed by atoms with van der Waals surface area (Å²) in [4.78, 5) is 32.2. The minimum absolute atomic E-state index is 0. The van der Waals surface area contributed by atoms with Crippen LogP contribution in [0.3, 0.4) is 0 Å². The maximum Gasteiger partial charge on any atom is 1.00 e. The van der Waals surface area contributed by atoms with Crippen LogP contribution in [0.15, 0.2) is 34.8 Å². The summed E-state index contributed by atoms with van der Waals surface area (Å²) in [5.74, 6) is 1.10. The molecule has 0 aromatic heterocycles. The normalized spacial score (nSPS) is 13.1. The van der Waals surface area contributed by atoms with Crippen molar-refractivity contribution in [2.24, 2.45) is 5.92 Å². The summed E-state index contributed by atoms with van der Waals surface area (Å²) in [6, 6.07) is 8.19. The number of nitrogens with zero attached hydrogens (tertiary/aromatic N) is 1. The van der Waals surface area contributed by atoms with Gasteiger partial charge < -0.3 is 21.3 Å². The van der Waals surface area contributed by atoms with Gasteiger partial charge in [0.2, 0.25) is 5.91 Å². The van der Waals surface area contributed by atoms with Gasteiger partial charge in [-0.2, -0.15) is 12.8 Å². The molecule has 0 bridgehead atoms. The first kappa shape index (κ1) is 28.8. The Balaban J connectivity index is 0.000000327. The predicted molar refractivity (Wildman–Crippen MR) is 123 cm³/mol. The molecule has 1 saturated carbocycles. The number of nitro groups is 1. The number of carbonyl (C=O) groups is 1. The minimum Gasteiger partial charge on any atom is -0.496 e.